The van der Waals surface area contributed by atoms with E-state index in [1.165, 1.54) is 0 Å². The molecule has 1 rings (SSSR count). The highest BCUT2D eigenvalue weighted by atomic mass is 16.1. The number of amides is 1. The summed E-state index contributed by atoms with van der Waals surface area (Å²) in [4.78, 5) is 11.6. The van der Waals surface area contributed by atoms with Crippen molar-refractivity contribution in [3.63, 3.8) is 0 Å². The molecule has 0 saturated heterocycles. The largest absolute Gasteiger partial charge is 0.350 e. The zero-order valence-corrected chi connectivity index (χ0v) is 9.23. The monoisotopic (exact) mass is 210 g/mol. The molecule has 0 aromatic carbocycles. The van der Waals surface area contributed by atoms with Gasteiger partial charge in [0.1, 0.15) is 0 Å². The van der Waals surface area contributed by atoms with Crippen LogP contribution in [0.1, 0.15) is 19.0 Å². The van der Waals surface area contributed by atoms with Crippen LogP contribution < -0.4 is 11.1 Å². The fourth-order valence-electron chi connectivity index (χ4n) is 1.34. The Kier molecular flexibility index (Phi) is 4.30. The Bertz CT molecular complexity index is 317. The minimum atomic E-state index is -0.0892. The minimum absolute atomic E-state index is 0.00523. The lowest BCUT2D eigenvalue weighted by molar-refractivity contribution is -0.124. The summed E-state index contributed by atoms with van der Waals surface area (Å²) < 4.78 is 1.71. The number of hydrogen-bond acceptors (Lipinski definition) is 3. The Morgan fingerprint density at radius 1 is 1.73 bits per heavy atom. The molecule has 0 saturated carbocycles. The average Bonchev–Trinajstić information content (AvgIpc) is 2.63. The molecule has 1 aromatic heterocycles. The molecule has 0 radical (unpaired) electrons. The van der Waals surface area contributed by atoms with Crippen molar-refractivity contribution < 1.29 is 4.79 Å². The quantitative estimate of drug-likeness (QED) is 0.719. The van der Waals surface area contributed by atoms with Crippen molar-refractivity contribution in [3.05, 3.63) is 18.0 Å². The van der Waals surface area contributed by atoms with Crippen LogP contribution in [-0.4, -0.2) is 22.2 Å². The van der Waals surface area contributed by atoms with Gasteiger partial charge in [0.15, 0.2) is 0 Å². The first-order chi connectivity index (χ1) is 7.17. The van der Waals surface area contributed by atoms with E-state index in [4.69, 9.17) is 5.73 Å². The first-order valence-electron chi connectivity index (χ1n) is 5.13. The van der Waals surface area contributed by atoms with Gasteiger partial charge < -0.3 is 11.1 Å². The van der Waals surface area contributed by atoms with Crippen LogP contribution in [0, 0.1) is 5.92 Å². The van der Waals surface area contributed by atoms with Crippen LogP contribution in [0.4, 0.5) is 0 Å². The van der Waals surface area contributed by atoms with Gasteiger partial charge in [-0.1, -0.05) is 6.92 Å². The molecule has 1 amide bonds. The van der Waals surface area contributed by atoms with E-state index in [0.29, 0.717) is 13.1 Å². The minimum Gasteiger partial charge on any atom is -0.350 e. The number of nitrogens with two attached hydrogens (primary N) is 1. The zero-order valence-electron chi connectivity index (χ0n) is 9.23. The fraction of sp³-hybridized carbons (Fsp3) is 0.600. The zero-order chi connectivity index (χ0) is 11.3. The molecule has 0 aliphatic heterocycles. The van der Waals surface area contributed by atoms with Crippen molar-refractivity contribution >= 4 is 5.91 Å². The van der Waals surface area contributed by atoms with Gasteiger partial charge in [-0.2, -0.15) is 5.10 Å². The van der Waals surface area contributed by atoms with Crippen LogP contribution in [0.15, 0.2) is 12.3 Å². The van der Waals surface area contributed by atoms with E-state index in [-0.39, 0.29) is 11.8 Å². The van der Waals surface area contributed by atoms with Gasteiger partial charge >= 0.3 is 0 Å². The molecule has 84 valence electrons. The van der Waals surface area contributed by atoms with Gasteiger partial charge in [0.25, 0.3) is 0 Å². The fourth-order valence-corrected chi connectivity index (χ4v) is 1.34. The predicted octanol–water partition coefficient (Wildman–Crippen LogP) is 0.0212. The molecular formula is C10H18N4O. The Labute approximate surface area is 89.6 Å². The summed E-state index contributed by atoms with van der Waals surface area (Å²) in [5.41, 5.74) is 6.34. The van der Waals surface area contributed by atoms with E-state index < -0.39 is 0 Å². The first-order valence-corrected chi connectivity index (χ1v) is 5.13. The molecule has 1 atom stereocenters. The summed E-state index contributed by atoms with van der Waals surface area (Å²) in [5.74, 6) is -0.0839. The van der Waals surface area contributed by atoms with E-state index in [2.05, 4.69) is 10.4 Å². The summed E-state index contributed by atoms with van der Waals surface area (Å²) in [6, 6.07) is 1.88. The maximum absolute atomic E-state index is 11.6. The molecule has 0 fully saturated rings. The van der Waals surface area contributed by atoms with Crippen LogP contribution >= 0.6 is 0 Å². The number of aromatic nitrogens is 2. The van der Waals surface area contributed by atoms with E-state index in [1.807, 2.05) is 26.2 Å². The maximum Gasteiger partial charge on any atom is 0.224 e. The van der Waals surface area contributed by atoms with Crippen molar-refractivity contribution in [2.75, 3.05) is 6.54 Å². The standard InChI is InChI=1S/C10H18N4O/c1-3-8(6-11)10(15)12-7-9-4-5-14(2)13-9/h4-5,8H,3,6-7,11H2,1-2H3,(H,12,15). The summed E-state index contributed by atoms with van der Waals surface area (Å²) in [6.07, 6.45) is 2.62. The molecule has 0 bridgehead atoms. The van der Waals surface area contributed by atoms with Crippen molar-refractivity contribution in [2.24, 2.45) is 18.7 Å². The van der Waals surface area contributed by atoms with Crippen molar-refractivity contribution in [1.82, 2.24) is 15.1 Å². The summed E-state index contributed by atoms with van der Waals surface area (Å²) in [6.45, 7) is 2.82. The SMILES string of the molecule is CCC(CN)C(=O)NCc1ccn(C)n1. The molecule has 1 unspecified atom stereocenters. The van der Waals surface area contributed by atoms with Gasteiger partial charge in [0, 0.05) is 25.7 Å². The lowest BCUT2D eigenvalue weighted by Crippen LogP contribution is -2.34. The highest BCUT2D eigenvalue weighted by Crippen LogP contribution is 2.00. The van der Waals surface area contributed by atoms with E-state index in [1.54, 1.807) is 4.68 Å². The topological polar surface area (TPSA) is 72.9 Å². The third-order valence-electron chi connectivity index (χ3n) is 2.36. The lowest BCUT2D eigenvalue weighted by Gasteiger charge is -2.11. The molecule has 0 aliphatic rings. The number of aryl methyl sites for hydroxylation is 1. The highest BCUT2D eigenvalue weighted by molar-refractivity contribution is 5.78. The number of carbonyl (C=O) groups excluding carboxylic acids is 1. The van der Waals surface area contributed by atoms with Crippen LogP contribution in [-0.2, 0) is 18.4 Å². The number of rotatable bonds is 5. The smallest absolute Gasteiger partial charge is 0.224 e. The Morgan fingerprint density at radius 3 is 2.93 bits per heavy atom. The van der Waals surface area contributed by atoms with Gasteiger partial charge in [-0.3, -0.25) is 9.48 Å². The first kappa shape index (κ1) is 11.7. The number of carbonyl (C=O) groups is 1. The second kappa shape index (κ2) is 5.50. The second-order valence-electron chi connectivity index (χ2n) is 3.54. The van der Waals surface area contributed by atoms with E-state index in [9.17, 15) is 4.79 Å². The average molecular weight is 210 g/mol. The second-order valence-corrected chi connectivity index (χ2v) is 3.54. The molecular weight excluding hydrogens is 192 g/mol. The molecule has 5 nitrogen and oxygen atoms in total. The molecule has 1 heterocycles. The molecule has 3 N–H and O–H groups in total. The Hall–Kier alpha value is -1.36. The van der Waals surface area contributed by atoms with Gasteiger partial charge in [0.2, 0.25) is 5.91 Å². The van der Waals surface area contributed by atoms with Crippen molar-refractivity contribution in [2.45, 2.75) is 19.9 Å². The number of hydrogen-bond donors (Lipinski definition) is 2. The van der Waals surface area contributed by atoms with E-state index >= 15 is 0 Å². The van der Waals surface area contributed by atoms with E-state index in [0.717, 1.165) is 12.1 Å². The molecule has 15 heavy (non-hydrogen) atoms. The Balaban J connectivity index is 2.40. The van der Waals surface area contributed by atoms with Gasteiger partial charge in [0.05, 0.1) is 12.2 Å². The van der Waals surface area contributed by atoms with Crippen LogP contribution in [0.5, 0.6) is 0 Å². The van der Waals surface area contributed by atoms with Crippen LogP contribution in [0.25, 0.3) is 0 Å². The van der Waals surface area contributed by atoms with Crippen molar-refractivity contribution in [3.8, 4) is 0 Å². The number of nitrogens with zero attached hydrogens (tertiary/aromatic N) is 2. The van der Waals surface area contributed by atoms with Crippen LogP contribution in [0.3, 0.4) is 0 Å². The summed E-state index contributed by atoms with van der Waals surface area (Å²) >= 11 is 0. The lowest BCUT2D eigenvalue weighted by atomic mass is 10.1. The third-order valence-corrected chi connectivity index (χ3v) is 2.36. The molecule has 1 aromatic rings. The van der Waals surface area contributed by atoms with Crippen LogP contribution in [0.2, 0.25) is 0 Å². The third kappa shape index (κ3) is 3.36. The normalized spacial score (nSPS) is 12.5. The number of nitrogens with one attached hydrogen (secondary N) is 1. The molecule has 5 heteroatoms. The van der Waals surface area contributed by atoms with Gasteiger partial charge in [-0.25, -0.2) is 0 Å². The molecule has 0 aliphatic carbocycles. The Morgan fingerprint density at radius 2 is 2.47 bits per heavy atom. The summed E-state index contributed by atoms with van der Waals surface area (Å²) in [7, 11) is 1.85. The highest BCUT2D eigenvalue weighted by Gasteiger charge is 2.13. The molecule has 0 spiro atoms. The predicted molar refractivity (Wildman–Crippen MR) is 57.9 cm³/mol. The van der Waals surface area contributed by atoms with Gasteiger partial charge in [-0.15, -0.1) is 0 Å². The maximum atomic E-state index is 11.6. The van der Waals surface area contributed by atoms with Crippen molar-refractivity contribution in [1.29, 1.82) is 0 Å². The summed E-state index contributed by atoms with van der Waals surface area (Å²) in [5, 5.41) is 6.98. The van der Waals surface area contributed by atoms with Gasteiger partial charge in [-0.05, 0) is 12.5 Å².